The number of piperidine rings is 2. The number of nitrogens with zero attached hydrogens (tertiary/aromatic N) is 2. The van der Waals surface area contributed by atoms with Gasteiger partial charge in [-0.1, -0.05) is 18.6 Å². The molecule has 0 bridgehead atoms. The molecule has 1 unspecified atom stereocenters. The molecule has 3 rings (SSSR count). The Morgan fingerprint density at radius 2 is 2.00 bits per heavy atom. The number of phenolic OH excluding ortho intramolecular Hbond substituents is 1. The predicted molar refractivity (Wildman–Crippen MR) is 94.8 cm³/mol. The average Bonchev–Trinajstić information content (AvgIpc) is 2.57. The van der Waals surface area contributed by atoms with E-state index in [9.17, 15) is 9.90 Å². The second-order valence-corrected chi connectivity index (χ2v) is 7.22. The lowest BCUT2D eigenvalue weighted by atomic mass is 10.00. The van der Waals surface area contributed by atoms with Crippen LogP contribution in [0.4, 0.5) is 0 Å². The molecule has 2 N–H and O–H groups in total. The smallest absolute Gasteiger partial charge is 0.237 e. The predicted octanol–water partition coefficient (Wildman–Crippen LogP) is 1.96. The number of amides is 1. The third-order valence-corrected chi connectivity index (χ3v) is 5.32. The molecule has 0 radical (unpaired) electrons. The van der Waals surface area contributed by atoms with E-state index < -0.39 is 0 Å². The lowest BCUT2D eigenvalue weighted by Crippen LogP contribution is -2.52. The second kappa shape index (κ2) is 7.99. The van der Waals surface area contributed by atoms with Crippen molar-refractivity contribution < 1.29 is 9.90 Å². The van der Waals surface area contributed by atoms with Crippen molar-refractivity contribution in [3.63, 3.8) is 0 Å². The van der Waals surface area contributed by atoms with Crippen LogP contribution in [0.5, 0.6) is 5.75 Å². The van der Waals surface area contributed by atoms with Gasteiger partial charge in [0.25, 0.3) is 0 Å². The molecule has 1 atom stereocenters. The largest absolute Gasteiger partial charge is 0.508 e. The number of nitrogens with one attached hydrogen (secondary N) is 1. The standard InChI is InChI=1S/C19H29N3O2/c1-21-10-3-2-7-18(21)19(24)20-16-8-11-22(12-9-16)14-15-5-4-6-17(23)13-15/h4-6,13,16,18,23H,2-3,7-12,14H2,1H3,(H,20,24). The summed E-state index contributed by atoms with van der Waals surface area (Å²) in [6.45, 7) is 3.86. The van der Waals surface area contributed by atoms with Crippen LogP contribution in [0.15, 0.2) is 24.3 Å². The minimum absolute atomic E-state index is 0.0593. The van der Waals surface area contributed by atoms with Crippen LogP contribution >= 0.6 is 0 Å². The summed E-state index contributed by atoms with van der Waals surface area (Å²) in [4.78, 5) is 17.1. The van der Waals surface area contributed by atoms with Gasteiger partial charge in [0, 0.05) is 25.7 Å². The molecule has 1 aromatic carbocycles. The lowest BCUT2D eigenvalue weighted by molar-refractivity contribution is -0.128. The topological polar surface area (TPSA) is 55.8 Å². The number of likely N-dealkylation sites (tertiary alicyclic amines) is 2. The molecule has 2 aliphatic heterocycles. The molecule has 0 spiro atoms. The maximum Gasteiger partial charge on any atom is 0.237 e. The summed E-state index contributed by atoms with van der Waals surface area (Å²) in [6.07, 6.45) is 5.35. The summed E-state index contributed by atoms with van der Waals surface area (Å²) in [5.74, 6) is 0.537. The van der Waals surface area contributed by atoms with Crippen LogP contribution in [0, 0.1) is 0 Å². The number of likely N-dealkylation sites (N-methyl/N-ethyl adjacent to an activating group) is 1. The van der Waals surface area contributed by atoms with Gasteiger partial charge in [0.1, 0.15) is 5.75 Å². The Labute approximate surface area is 144 Å². The Balaban J connectivity index is 1.44. The summed E-state index contributed by atoms with van der Waals surface area (Å²) in [5, 5.41) is 12.8. The Kier molecular flexibility index (Phi) is 5.74. The second-order valence-electron chi connectivity index (χ2n) is 7.22. The normalized spacial score (nSPS) is 24.0. The number of carbonyl (C=O) groups excluding carboxylic acids is 1. The van der Waals surface area contributed by atoms with Crippen LogP contribution in [0.2, 0.25) is 0 Å². The van der Waals surface area contributed by atoms with Gasteiger partial charge >= 0.3 is 0 Å². The van der Waals surface area contributed by atoms with Gasteiger partial charge in [0.2, 0.25) is 5.91 Å². The molecule has 0 saturated carbocycles. The van der Waals surface area contributed by atoms with Crippen LogP contribution in [0.1, 0.15) is 37.7 Å². The van der Waals surface area contributed by atoms with Crippen LogP contribution < -0.4 is 5.32 Å². The summed E-state index contributed by atoms with van der Waals surface area (Å²) in [6, 6.07) is 7.82. The van der Waals surface area contributed by atoms with Crippen molar-refractivity contribution in [3.8, 4) is 5.75 Å². The lowest BCUT2D eigenvalue weighted by Gasteiger charge is -2.35. The maximum absolute atomic E-state index is 12.5. The van der Waals surface area contributed by atoms with E-state index >= 15 is 0 Å². The monoisotopic (exact) mass is 331 g/mol. The zero-order valence-electron chi connectivity index (χ0n) is 14.6. The first-order chi connectivity index (χ1) is 11.6. The fraction of sp³-hybridized carbons (Fsp3) is 0.632. The molecule has 2 heterocycles. The van der Waals surface area contributed by atoms with E-state index in [0.717, 1.165) is 57.4 Å². The summed E-state index contributed by atoms with van der Waals surface area (Å²) in [7, 11) is 2.06. The van der Waals surface area contributed by atoms with E-state index in [1.807, 2.05) is 18.2 Å². The molecule has 0 aromatic heterocycles. The highest BCUT2D eigenvalue weighted by atomic mass is 16.3. The molecule has 1 amide bonds. The van der Waals surface area contributed by atoms with Crippen molar-refractivity contribution in [3.05, 3.63) is 29.8 Å². The molecule has 2 saturated heterocycles. The Morgan fingerprint density at radius 1 is 1.21 bits per heavy atom. The third-order valence-electron chi connectivity index (χ3n) is 5.32. The fourth-order valence-corrected chi connectivity index (χ4v) is 3.85. The van der Waals surface area contributed by atoms with Crippen molar-refractivity contribution in [2.45, 2.75) is 50.7 Å². The van der Waals surface area contributed by atoms with Gasteiger partial charge in [-0.25, -0.2) is 0 Å². The van der Waals surface area contributed by atoms with E-state index in [4.69, 9.17) is 0 Å². The van der Waals surface area contributed by atoms with E-state index in [1.54, 1.807) is 6.07 Å². The SMILES string of the molecule is CN1CCCCC1C(=O)NC1CCN(Cc2cccc(O)c2)CC1. The van der Waals surface area contributed by atoms with Gasteiger partial charge in [-0.15, -0.1) is 0 Å². The van der Waals surface area contributed by atoms with Crippen LogP contribution in [0.3, 0.4) is 0 Å². The van der Waals surface area contributed by atoms with E-state index in [-0.39, 0.29) is 11.9 Å². The number of benzene rings is 1. The van der Waals surface area contributed by atoms with Crippen LogP contribution in [0.25, 0.3) is 0 Å². The highest BCUT2D eigenvalue weighted by Gasteiger charge is 2.28. The molecule has 132 valence electrons. The molecule has 2 aliphatic rings. The van der Waals surface area contributed by atoms with Gasteiger partial charge in [-0.05, 0) is 57.0 Å². The number of rotatable bonds is 4. The molecule has 24 heavy (non-hydrogen) atoms. The van der Waals surface area contributed by atoms with E-state index in [2.05, 4.69) is 22.2 Å². The molecular weight excluding hydrogens is 302 g/mol. The van der Waals surface area contributed by atoms with Crippen molar-refractivity contribution >= 4 is 5.91 Å². The number of phenols is 1. The van der Waals surface area contributed by atoms with Crippen molar-refractivity contribution in [1.29, 1.82) is 0 Å². The Bertz CT molecular complexity index is 555. The minimum Gasteiger partial charge on any atom is -0.508 e. The maximum atomic E-state index is 12.5. The summed E-state index contributed by atoms with van der Waals surface area (Å²) >= 11 is 0. The summed E-state index contributed by atoms with van der Waals surface area (Å²) < 4.78 is 0. The van der Waals surface area contributed by atoms with Gasteiger partial charge in [0.05, 0.1) is 6.04 Å². The highest BCUT2D eigenvalue weighted by molar-refractivity contribution is 5.82. The van der Waals surface area contributed by atoms with Gasteiger partial charge in [0.15, 0.2) is 0 Å². The van der Waals surface area contributed by atoms with E-state index in [1.165, 1.54) is 6.42 Å². The Hall–Kier alpha value is -1.59. The molecule has 0 aliphatic carbocycles. The number of aromatic hydroxyl groups is 1. The number of hydrogen-bond acceptors (Lipinski definition) is 4. The van der Waals surface area contributed by atoms with Crippen LogP contribution in [-0.2, 0) is 11.3 Å². The average molecular weight is 331 g/mol. The zero-order chi connectivity index (χ0) is 16.9. The van der Waals surface area contributed by atoms with Crippen molar-refractivity contribution in [1.82, 2.24) is 15.1 Å². The van der Waals surface area contributed by atoms with E-state index in [0.29, 0.717) is 11.8 Å². The Morgan fingerprint density at radius 3 is 2.71 bits per heavy atom. The first-order valence-corrected chi connectivity index (χ1v) is 9.13. The highest BCUT2D eigenvalue weighted by Crippen LogP contribution is 2.19. The molecule has 1 aromatic rings. The number of hydrogen-bond donors (Lipinski definition) is 2. The molecular formula is C19H29N3O2. The molecule has 5 heteroatoms. The quantitative estimate of drug-likeness (QED) is 0.885. The van der Waals surface area contributed by atoms with Crippen molar-refractivity contribution in [2.24, 2.45) is 0 Å². The zero-order valence-corrected chi connectivity index (χ0v) is 14.6. The molecule has 5 nitrogen and oxygen atoms in total. The molecule has 2 fully saturated rings. The first kappa shape index (κ1) is 17.2. The third kappa shape index (κ3) is 4.48. The van der Waals surface area contributed by atoms with Gasteiger partial charge in [-0.2, -0.15) is 0 Å². The van der Waals surface area contributed by atoms with Crippen LogP contribution in [-0.4, -0.2) is 59.6 Å². The number of carbonyl (C=O) groups is 1. The minimum atomic E-state index is 0.0593. The summed E-state index contributed by atoms with van der Waals surface area (Å²) in [5.41, 5.74) is 1.14. The van der Waals surface area contributed by atoms with Gasteiger partial charge < -0.3 is 10.4 Å². The fourth-order valence-electron chi connectivity index (χ4n) is 3.85. The first-order valence-electron chi connectivity index (χ1n) is 9.13. The van der Waals surface area contributed by atoms with Crippen molar-refractivity contribution in [2.75, 3.05) is 26.7 Å². The van der Waals surface area contributed by atoms with Gasteiger partial charge in [-0.3, -0.25) is 14.6 Å².